The van der Waals surface area contributed by atoms with Crippen molar-refractivity contribution < 1.29 is 5.11 Å². The van der Waals surface area contributed by atoms with Crippen molar-refractivity contribution in [3.8, 4) is 0 Å². The molecule has 0 bridgehead atoms. The first-order valence-corrected chi connectivity index (χ1v) is 7.41. The SMILES string of the molecule is CC(C)CNC[C@@H](O)[C@@H](I)Cc1ccccc1. The van der Waals surface area contributed by atoms with E-state index < -0.39 is 0 Å². The van der Waals surface area contributed by atoms with Crippen LogP contribution >= 0.6 is 22.6 Å². The van der Waals surface area contributed by atoms with Crippen molar-refractivity contribution in [2.45, 2.75) is 30.3 Å². The van der Waals surface area contributed by atoms with Crippen LogP contribution in [0.5, 0.6) is 0 Å². The first kappa shape index (κ1) is 14.9. The average molecular weight is 347 g/mol. The number of benzene rings is 1. The summed E-state index contributed by atoms with van der Waals surface area (Å²) in [6.45, 7) is 5.99. The number of nitrogens with one attached hydrogen (secondary N) is 1. The van der Waals surface area contributed by atoms with Crippen LogP contribution < -0.4 is 5.32 Å². The van der Waals surface area contributed by atoms with E-state index in [2.05, 4.69) is 53.9 Å². The second-order valence-electron chi connectivity index (χ2n) is 4.83. The molecule has 0 saturated heterocycles. The second-order valence-corrected chi connectivity index (χ2v) is 6.43. The third-order valence-corrected chi connectivity index (χ3v) is 3.87. The summed E-state index contributed by atoms with van der Waals surface area (Å²) in [6.07, 6.45) is 0.640. The van der Waals surface area contributed by atoms with Crippen molar-refractivity contribution in [2.75, 3.05) is 13.1 Å². The van der Waals surface area contributed by atoms with Gasteiger partial charge in [-0.05, 0) is 24.4 Å². The van der Waals surface area contributed by atoms with Gasteiger partial charge in [0, 0.05) is 10.5 Å². The third-order valence-electron chi connectivity index (χ3n) is 2.60. The summed E-state index contributed by atoms with van der Waals surface area (Å²) < 4.78 is 0.259. The molecule has 0 saturated carbocycles. The third kappa shape index (κ3) is 6.38. The number of aliphatic hydroxyl groups excluding tert-OH is 1. The summed E-state index contributed by atoms with van der Waals surface area (Å²) in [6, 6.07) is 10.3. The monoisotopic (exact) mass is 347 g/mol. The second kappa shape index (κ2) is 8.06. The molecule has 0 fully saturated rings. The van der Waals surface area contributed by atoms with Crippen molar-refractivity contribution in [1.29, 1.82) is 0 Å². The molecular formula is C14H22INO. The number of aliphatic hydroxyl groups is 1. The summed E-state index contributed by atoms with van der Waals surface area (Å²) in [5, 5.41) is 13.3. The van der Waals surface area contributed by atoms with Crippen LogP contribution in [0, 0.1) is 5.92 Å². The molecule has 1 aromatic carbocycles. The topological polar surface area (TPSA) is 32.3 Å². The van der Waals surface area contributed by atoms with E-state index in [0.29, 0.717) is 12.5 Å². The Labute approximate surface area is 118 Å². The zero-order chi connectivity index (χ0) is 12.7. The lowest BCUT2D eigenvalue weighted by atomic mass is 10.1. The predicted molar refractivity (Wildman–Crippen MR) is 81.7 cm³/mol. The van der Waals surface area contributed by atoms with E-state index >= 15 is 0 Å². The fraction of sp³-hybridized carbons (Fsp3) is 0.571. The van der Waals surface area contributed by atoms with Gasteiger partial charge in [-0.3, -0.25) is 0 Å². The lowest BCUT2D eigenvalue weighted by molar-refractivity contribution is 0.171. The van der Waals surface area contributed by atoms with Gasteiger partial charge in [-0.15, -0.1) is 0 Å². The zero-order valence-electron chi connectivity index (χ0n) is 10.6. The first-order valence-electron chi connectivity index (χ1n) is 6.16. The Morgan fingerprint density at radius 1 is 1.18 bits per heavy atom. The molecule has 1 rings (SSSR count). The van der Waals surface area contributed by atoms with Crippen molar-refractivity contribution in [2.24, 2.45) is 5.92 Å². The molecule has 0 aliphatic rings. The number of hydrogen-bond acceptors (Lipinski definition) is 2. The molecule has 2 atom stereocenters. The van der Waals surface area contributed by atoms with Gasteiger partial charge < -0.3 is 10.4 Å². The highest BCUT2D eigenvalue weighted by Crippen LogP contribution is 2.14. The van der Waals surface area contributed by atoms with Crippen LogP contribution in [0.15, 0.2) is 30.3 Å². The molecule has 3 heteroatoms. The van der Waals surface area contributed by atoms with Crippen molar-refractivity contribution in [3.05, 3.63) is 35.9 Å². The van der Waals surface area contributed by atoms with E-state index in [4.69, 9.17) is 0 Å². The number of halogens is 1. The fourth-order valence-corrected chi connectivity index (χ4v) is 2.39. The van der Waals surface area contributed by atoms with Gasteiger partial charge in [-0.25, -0.2) is 0 Å². The predicted octanol–water partition coefficient (Wildman–Crippen LogP) is 2.64. The fourth-order valence-electron chi connectivity index (χ4n) is 1.62. The minimum atomic E-state index is -0.283. The van der Waals surface area contributed by atoms with Crippen LogP contribution in [0.25, 0.3) is 0 Å². The lowest BCUT2D eigenvalue weighted by Gasteiger charge is -2.18. The van der Waals surface area contributed by atoms with Gasteiger partial charge in [-0.1, -0.05) is 66.8 Å². The highest BCUT2D eigenvalue weighted by Gasteiger charge is 2.15. The van der Waals surface area contributed by atoms with Crippen molar-refractivity contribution in [1.82, 2.24) is 5.32 Å². The number of rotatable bonds is 7. The average Bonchev–Trinajstić information content (AvgIpc) is 2.29. The molecule has 0 aromatic heterocycles. The largest absolute Gasteiger partial charge is 0.391 e. The van der Waals surface area contributed by atoms with E-state index in [0.717, 1.165) is 13.0 Å². The van der Waals surface area contributed by atoms with Crippen LogP contribution in [0.3, 0.4) is 0 Å². The maximum Gasteiger partial charge on any atom is 0.0785 e. The molecule has 0 unspecified atom stereocenters. The normalized spacial score (nSPS) is 14.9. The summed E-state index contributed by atoms with van der Waals surface area (Å²) in [5.41, 5.74) is 1.29. The molecule has 96 valence electrons. The maximum atomic E-state index is 10.0. The van der Waals surface area contributed by atoms with Gasteiger partial charge in [0.2, 0.25) is 0 Å². The molecule has 1 aromatic rings. The van der Waals surface area contributed by atoms with Gasteiger partial charge >= 0.3 is 0 Å². The van der Waals surface area contributed by atoms with Gasteiger partial charge in [-0.2, -0.15) is 0 Å². The Morgan fingerprint density at radius 3 is 2.41 bits per heavy atom. The molecule has 0 heterocycles. The van der Waals surface area contributed by atoms with E-state index in [9.17, 15) is 5.11 Å². The summed E-state index contributed by atoms with van der Waals surface area (Å²) in [7, 11) is 0. The minimum Gasteiger partial charge on any atom is -0.391 e. The number of alkyl halides is 1. The molecule has 0 amide bonds. The molecule has 2 nitrogen and oxygen atoms in total. The molecule has 0 radical (unpaired) electrons. The highest BCUT2D eigenvalue weighted by molar-refractivity contribution is 14.1. The Bertz CT molecular complexity index is 302. The molecular weight excluding hydrogens is 325 g/mol. The van der Waals surface area contributed by atoms with Crippen LogP contribution in [0.2, 0.25) is 0 Å². The van der Waals surface area contributed by atoms with Crippen molar-refractivity contribution in [3.63, 3.8) is 0 Å². The van der Waals surface area contributed by atoms with E-state index in [1.54, 1.807) is 0 Å². The van der Waals surface area contributed by atoms with E-state index in [1.807, 2.05) is 18.2 Å². The Hall–Kier alpha value is -0.130. The molecule has 17 heavy (non-hydrogen) atoms. The Balaban J connectivity index is 2.29. The molecule has 0 aliphatic carbocycles. The smallest absolute Gasteiger partial charge is 0.0785 e. The van der Waals surface area contributed by atoms with Crippen LogP contribution in [-0.4, -0.2) is 28.2 Å². The van der Waals surface area contributed by atoms with E-state index in [-0.39, 0.29) is 10.0 Å². The molecule has 0 spiro atoms. The maximum absolute atomic E-state index is 10.0. The number of hydrogen-bond donors (Lipinski definition) is 2. The van der Waals surface area contributed by atoms with Gasteiger partial charge in [0.15, 0.2) is 0 Å². The molecule has 2 N–H and O–H groups in total. The first-order chi connectivity index (χ1) is 8.09. The summed E-state index contributed by atoms with van der Waals surface area (Å²) >= 11 is 2.34. The van der Waals surface area contributed by atoms with Crippen LogP contribution in [0.1, 0.15) is 19.4 Å². The highest BCUT2D eigenvalue weighted by atomic mass is 127. The van der Waals surface area contributed by atoms with Crippen molar-refractivity contribution >= 4 is 22.6 Å². The Kier molecular flexibility index (Phi) is 7.08. The van der Waals surface area contributed by atoms with Crippen LogP contribution in [0.4, 0.5) is 0 Å². The minimum absolute atomic E-state index is 0.259. The van der Waals surface area contributed by atoms with Gasteiger partial charge in [0.1, 0.15) is 0 Å². The van der Waals surface area contributed by atoms with Crippen LogP contribution in [-0.2, 0) is 6.42 Å². The summed E-state index contributed by atoms with van der Waals surface area (Å²) in [4.78, 5) is 0. The standard InChI is InChI=1S/C14H22INO/c1-11(2)9-16-10-14(17)13(15)8-12-6-4-3-5-7-12/h3-7,11,13-14,16-17H,8-10H2,1-2H3/t13-,14+/m0/s1. The quantitative estimate of drug-likeness (QED) is 0.587. The van der Waals surface area contributed by atoms with Gasteiger partial charge in [0.05, 0.1) is 6.10 Å². The van der Waals surface area contributed by atoms with E-state index in [1.165, 1.54) is 5.56 Å². The molecule has 0 aliphatic heterocycles. The Morgan fingerprint density at radius 2 is 1.82 bits per heavy atom. The zero-order valence-corrected chi connectivity index (χ0v) is 12.7. The summed E-state index contributed by atoms with van der Waals surface area (Å²) in [5.74, 6) is 0.629. The van der Waals surface area contributed by atoms with Gasteiger partial charge in [0.25, 0.3) is 0 Å². The lowest BCUT2D eigenvalue weighted by Crippen LogP contribution is -2.35.